The maximum absolute atomic E-state index is 11.5. The first kappa shape index (κ1) is 14.8. The lowest BCUT2D eigenvalue weighted by molar-refractivity contribution is -0.121. The van der Waals surface area contributed by atoms with E-state index in [1.54, 1.807) is 0 Å². The minimum absolute atomic E-state index is 0.122. The summed E-state index contributed by atoms with van der Waals surface area (Å²) in [6.45, 7) is 3.38. The summed E-state index contributed by atoms with van der Waals surface area (Å²) in [7, 11) is 0. The Labute approximate surface area is 130 Å². The van der Waals surface area contributed by atoms with Gasteiger partial charge in [-0.25, -0.2) is 0 Å². The van der Waals surface area contributed by atoms with E-state index in [1.807, 2.05) is 37.6 Å². The zero-order valence-corrected chi connectivity index (χ0v) is 13.0. The molecule has 0 unspecified atom stereocenters. The first-order valence-corrected chi connectivity index (χ1v) is 8.02. The maximum Gasteiger partial charge on any atom is 0.220 e. The number of pyridine rings is 1. The van der Waals surface area contributed by atoms with Crippen LogP contribution < -0.4 is 5.32 Å². The second kappa shape index (κ2) is 6.73. The van der Waals surface area contributed by atoms with E-state index in [0.717, 1.165) is 18.5 Å². The summed E-state index contributed by atoms with van der Waals surface area (Å²) in [6, 6.07) is 4.05. The molecular formula is C17H22N4O. The van der Waals surface area contributed by atoms with Gasteiger partial charge in [0.1, 0.15) is 0 Å². The van der Waals surface area contributed by atoms with Gasteiger partial charge in [-0.2, -0.15) is 5.10 Å². The predicted molar refractivity (Wildman–Crippen MR) is 85.4 cm³/mol. The van der Waals surface area contributed by atoms with Crippen molar-refractivity contribution in [3.05, 3.63) is 36.4 Å². The molecule has 5 nitrogen and oxygen atoms in total. The molecular weight excluding hydrogens is 276 g/mol. The molecule has 1 fully saturated rings. The van der Waals surface area contributed by atoms with Crippen LogP contribution in [0.2, 0.25) is 0 Å². The van der Waals surface area contributed by atoms with E-state index < -0.39 is 0 Å². The van der Waals surface area contributed by atoms with Crippen molar-refractivity contribution in [2.24, 2.45) is 0 Å². The van der Waals surface area contributed by atoms with Gasteiger partial charge < -0.3 is 5.32 Å². The molecule has 0 saturated heterocycles. The third-order valence-electron chi connectivity index (χ3n) is 3.96. The van der Waals surface area contributed by atoms with Crippen molar-refractivity contribution in [2.75, 3.05) is 6.54 Å². The normalized spacial score (nSPS) is 14.0. The number of hydrogen-bond donors (Lipinski definition) is 1. The fourth-order valence-electron chi connectivity index (χ4n) is 2.73. The standard InChI is InChI=1S/C17H22N4O/c1-2-3-16(22)19-10-11-21-17(14-4-5-14)15(12-20-21)13-6-8-18-9-7-13/h6-9,12,14H,2-5,10-11H2,1H3,(H,19,22). The van der Waals surface area contributed by atoms with Gasteiger partial charge >= 0.3 is 0 Å². The number of carbonyl (C=O) groups is 1. The number of nitrogens with one attached hydrogen (secondary N) is 1. The van der Waals surface area contributed by atoms with Gasteiger partial charge in [0.2, 0.25) is 5.91 Å². The van der Waals surface area contributed by atoms with Crippen LogP contribution in [-0.4, -0.2) is 27.2 Å². The Morgan fingerprint density at radius 1 is 1.36 bits per heavy atom. The van der Waals surface area contributed by atoms with Gasteiger partial charge in [0, 0.05) is 42.5 Å². The summed E-state index contributed by atoms with van der Waals surface area (Å²) in [6.07, 6.45) is 9.50. The number of amides is 1. The fourth-order valence-corrected chi connectivity index (χ4v) is 2.73. The summed E-state index contributed by atoms with van der Waals surface area (Å²) in [5, 5.41) is 7.50. The molecule has 0 radical (unpaired) electrons. The molecule has 2 aromatic heterocycles. The second-order valence-corrected chi connectivity index (χ2v) is 5.78. The number of carbonyl (C=O) groups excluding carboxylic acids is 1. The van der Waals surface area contributed by atoms with Crippen LogP contribution in [0.4, 0.5) is 0 Å². The van der Waals surface area contributed by atoms with Gasteiger partial charge in [0.25, 0.3) is 0 Å². The minimum Gasteiger partial charge on any atom is -0.354 e. The van der Waals surface area contributed by atoms with Gasteiger partial charge in [-0.3, -0.25) is 14.5 Å². The highest BCUT2D eigenvalue weighted by molar-refractivity contribution is 5.75. The molecule has 0 atom stereocenters. The summed E-state index contributed by atoms with van der Waals surface area (Å²) < 4.78 is 2.06. The Bertz CT molecular complexity index is 631. The first-order valence-electron chi connectivity index (χ1n) is 8.02. The van der Waals surface area contributed by atoms with E-state index in [1.165, 1.54) is 24.1 Å². The summed E-state index contributed by atoms with van der Waals surface area (Å²) >= 11 is 0. The van der Waals surface area contributed by atoms with Crippen molar-refractivity contribution in [1.29, 1.82) is 0 Å². The van der Waals surface area contributed by atoms with Crippen molar-refractivity contribution < 1.29 is 4.79 Å². The summed E-state index contributed by atoms with van der Waals surface area (Å²) in [4.78, 5) is 15.6. The third-order valence-corrected chi connectivity index (χ3v) is 3.96. The third kappa shape index (κ3) is 3.35. The van der Waals surface area contributed by atoms with E-state index in [0.29, 0.717) is 18.9 Å². The van der Waals surface area contributed by atoms with Crippen LogP contribution in [0.3, 0.4) is 0 Å². The lowest BCUT2D eigenvalue weighted by atomic mass is 10.1. The molecule has 0 aliphatic heterocycles. The van der Waals surface area contributed by atoms with Crippen molar-refractivity contribution in [3.63, 3.8) is 0 Å². The second-order valence-electron chi connectivity index (χ2n) is 5.78. The van der Waals surface area contributed by atoms with Crippen LogP contribution in [0.25, 0.3) is 11.1 Å². The first-order chi connectivity index (χ1) is 10.8. The van der Waals surface area contributed by atoms with E-state index in [4.69, 9.17) is 0 Å². The number of nitrogens with zero attached hydrogens (tertiary/aromatic N) is 3. The van der Waals surface area contributed by atoms with Crippen molar-refractivity contribution in [3.8, 4) is 11.1 Å². The monoisotopic (exact) mass is 298 g/mol. The zero-order valence-electron chi connectivity index (χ0n) is 13.0. The van der Waals surface area contributed by atoms with Gasteiger partial charge in [0.05, 0.1) is 12.7 Å². The molecule has 116 valence electrons. The molecule has 1 aliphatic carbocycles. The molecule has 1 amide bonds. The predicted octanol–water partition coefficient (Wildman–Crippen LogP) is 2.74. The average molecular weight is 298 g/mol. The molecule has 2 heterocycles. The number of hydrogen-bond acceptors (Lipinski definition) is 3. The van der Waals surface area contributed by atoms with Gasteiger partial charge in [-0.05, 0) is 37.0 Å². The lowest BCUT2D eigenvalue weighted by Gasteiger charge is -2.10. The van der Waals surface area contributed by atoms with Crippen LogP contribution >= 0.6 is 0 Å². The molecule has 3 rings (SSSR count). The summed E-state index contributed by atoms with van der Waals surface area (Å²) in [5.74, 6) is 0.731. The van der Waals surface area contributed by atoms with Crippen LogP contribution in [0.15, 0.2) is 30.7 Å². The van der Waals surface area contributed by atoms with Crippen molar-refractivity contribution in [1.82, 2.24) is 20.1 Å². The molecule has 5 heteroatoms. The molecule has 0 aromatic carbocycles. The van der Waals surface area contributed by atoms with Crippen molar-refractivity contribution in [2.45, 2.75) is 45.1 Å². The van der Waals surface area contributed by atoms with Crippen LogP contribution in [0.1, 0.15) is 44.2 Å². The SMILES string of the molecule is CCCC(=O)NCCn1ncc(-c2ccncc2)c1C1CC1. The topological polar surface area (TPSA) is 59.8 Å². The zero-order chi connectivity index (χ0) is 15.4. The molecule has 1 aliphatic rings. The molecule has 0 bridgehead atoms. The molecule has 1 N–H and O–H groups in total. The molecule has 22 heavy (non-hydrogen) atoms. The highest BCUT2D eigenvalue weighted by Crippen LogP contribution is 2.44. The van der Waals surface area contributed by atoms with E-state index in [-0.39, 0.29) is 5.91 Å². The van der Waals surface area contributed by atoms with Gasteiger partial charge in [-0.1, -0.05) is 6.92 Å². The Hall–Kier alpha value is -2.17. The smallest absolute Gasteiger partial charge is 0.220 e. The Morgan fingerprint density at radius 2 is 2.14 bits per heavy atom. The largest absolute Gasteiger partial charge is 0.354 e. The van der Waals surface area contributed by atoms with E-state index in [9.17, 15) is 4.79 Å². The van der Waals surface area contributed by atoms with Gasteiger partial charge in [-0.15, -0.1) is 0 Å². The molecule has 2 aromatic rings. The van der Waals surface area contributed by atoms with Crippen molar-refractivity contribution >= 4 is 5.91 Å². The van der Waals surface area contributed by atoms with E-state index >= 15 is 0 Å². The summed E-state index contributed by atoms with van der Waals surface area (Å²) in [5.41, 5.74) is 3.67. The Morgan fingerprint density at radius 3 is 2.82 bits per heavy atom. The van der Waals surface area contributed by atoms with E-state index in [2.05, 4.69) is 20.1 Å². The Kier molecular flexibility index (Phi) is 4.51. The lowest BCUT2D eigenvalue weighted by Crippen LogP contribution is -2.27. The molecule has 0 spiro atoms. The average Bonchev–Trinajstić information content (AvgIpc) is 3.29. The highest BCUT2D eigenvalue weighted by Gasteiger charge is 2.30. The van der Waals surface area contributed by atoms with Gasteiger partial charge in [0.15, 0.2) is 0 Å². The van der Waals surface area contributed by atoms with Crippen LogP contribution in [0.5, 0.6) is 0 Å². The highest BCUT2D eigenvalue weighted by atomic mass is 16.1. The van der Waals surface area contributed by atoms with Crippen LogP contribution in [-0.2, 0) is 11.3 Å². The Balaban J connectivity index is 1.72. The number of aromatic nitrogens is 3. The maximum atomic E-state index is 11.5. The quantitative estimate of drug-likeness (QED) is 0.855. The van der Waals surface area contributed by atoms with Crippen LogP contribution in [0, 0.1) is 0 Å². The fraction of sp³-hybridized carbons (Fsp3) is 0.471. The molecule has 1 saturated carbocycles. The number of rotatable bonds is 7. The minimum atomic E-state index is 0.122.